The molecule has 0 spiro atoms. The van der Waals surface area contributed by atoms with E-state index >= 15 is 0 Å². The zero-order valence-corrected chi connectivity index (χ0v) is 16.6. The molecule has 1 nitrogen and oxygen atoms in total. The van der Waals surface area contributed by atoms with E-state index in [2.05, 4.69) is 0 Å². The van der Waals surface area contributed by atoms with Gasteiger partial charge in [0.05, 0.1) is 5.69 Å². The first-order chi connectivity index (χ1) is 13.4. The normalized spacial score (nSPS) is 13.6. The Labute approximate surface area is 166 Å². The van der Waals surface area contributed by atoms with Crippen molar-refractivity contribution in [2.45, 2.75) is 70.9 Å². The Morgan fingerprint density at radius 3 is 2.07 bits per heavy atom. The van der Waals surface area contributed by atoms with E-state index in [9.17, 15) is 35.1 Å². The summed E-state index contributed by atoms with van der Waals surface area (Å²) in [5.41, 5.74) is -0.343. The standard InChI is InChI=1S/C20H27F8N/c1-3-5-7-14(4-2)10-13-29(12-6-11-19(24,25)20(26,27)28)16-9-8-15(21)17(22)18(16)23/h8-9,14H,3-7,10-13H2,1-2H3. The largest absolute Gasteiger partial charge is 0.453 e. The summed E-state index contributed by atoms with van der Waals surface area (Å²) < 4.78 is 104. The van der Waals surface area contributed by atoms with Crippen molar-refractivity contribution in [1.82, 2.24) is 0 Å². The monoisotopic (exact) mass is 433 g/mol. The van der Waals surface area contributed by atoms with Gasteiger partial charge in [0.25, 0.3) is 0 Å². The number of hydrogen-bond acceptors (Lipinski definition) is 1. The minimum Gasteiger partial charge on any atom is -0.369 e. The molecule has 9 heteroatoms. The molecule has 29 heavy (non-hydrogen) atoms. The van der Waals surface area contributed by atoms with Crippen LogP contribution in [0.3, 0.4) is 0 Å². The van der Waals surface area contributed by atoms with Gasteiger partial charge in [0, 0.05) is 19.5 Å². The van der Waals surface area contributed by atoms with Crippen LogP contribution >= 0.6 is 0 Å². The molecule has 1 aromatic rings. The summed E-state index contributed by atoms with van der Waals surface area (Å²) in [6, 6.07) is 1.68. The highest BCUT2D eigenvalue weighted by Gasteiger charge is 2.56. The fraction of sp³-hybridized carbons (Fsp3) is 0.700. The fourth-order valence-electron chi connectivity index (χ4n) is 3.13. The van der Waals surface area contributed by atoms with Gasteiger partial charge in [0.2, 0.25) is 0 Å². The van der Waals surface area contributed by atoms with E-state index in [-0.39, 0.29) is 24.7 Å². The van der Waals surface area contributed by atoms with Crippen molar-refractivity contribution in [3.05, 3.63) is 29.6 Å². The molecule has 1 atom stereocenters. The molecule has 0 fully saturated rings. The number of alkyl halides is 5. The van der Waals surface area contributed by atoms with Crippen molar-refractivity contribution >= 4 is 5.69 Å². The Morgan fingerprint density at radius 1 is 0.862 bits per heavy atom. The number of nitrogens with zero attached hydrogens (tertiary/aromatic N) is 1. The molecule has 1 rings (SSSR count). The summed E-state index contributed by atoms with van der Waals surface area (Å²) in [5, 5.41) is 0. The lowest BCUT2D eigenvalue weighted by atomic mass is 9.95. The third kappa shape index (κ3) is 7.33. The molecular weight excluding hydrogens is 406 g/mol. The topological polar surface area (TPSA) is 3.24 Å². The third-order valence-electron chi connectivity index (χ3n) is 5.04. The summed E-state index contributed by atoms with van der Waals surface area (Å²) in [6.07, 6.45) is -3.53. The smallest absolute Gasteiger partial charge is 0.369 e. The number of hydrogen-bond donors (Lipinski definition) is 0. The Bertz CT molecular complexity index is 630. The molecule has 0 aliphatic heterocycles. The number of unbranched alkanes of at least 4 members (excludes halogenated alkanes) is 1. The van der Waals surface area contributed by atoms with E-state index in [1.807, 2.05) is 13.8 Å². The Kier molecular flexibility index (Phi) is 9.68. The van der Waals surface area contributed by atoms with Crippen molar-refractivity contribution < 1.29 is 35.1 Å². The maximum Gasteiger partial charge on any atom is 0.453 e. The number of halogens is 8. The van der Waals surface area contributed by atoms with Gasteiger partial charge in [-0.1, -0.05) is 39.5 Å². The predicted octanol–water partition coefficient (Wildman–Crippen LogP) is 7.49. The van der Waals surface area contributed by atoms with Crippen LogP contribution in [0, 0.1) is 23.4 Å². The molecule has 0 N–H and O–H groups in total. The maximum atomic E-state index is 14.2. The first kappa shape index (κ1) is 25.5. The molecule has 1 aromatic carbocycles. The highest BCUT2D eigenvalue weighted by atomic mass is 19.4. The molecule has 0 aliphatic carbocycles. The van der Waals surface area contributed by atoms with E-state index in [4.69, 9.17) is 0 Å². The van der Waals surface area contributed by atoms with Gasteiger partial charge in [-0.15, -0.1) is 0 Å². The lowest BCUT2D eigenvalue weighted by Crippen LogP contribution is -2.37. The molecule has 0 aromatic heterocycles. The highest BCUT2D eigenvalue weighted by molar-refractivity contribution is 5.48. The second kappa shape index (κ2) is 11.0. The van der Waals surface area contributed by atoms with Gasteiger partial charge in [-0.05, 0) is 30.9 Å². The summed E-state index contributed by atoms with van der Waals surface area (Å²) in [4.78, 5) is 1.22. The summed E-state index contributed by atoms with van der Waals surface area (Å²) >= 11 is 0. The van der Waals surface area contributed by atoms with Crippen LogP contribution in [-0.2, 0) is 0 Å². The van der Waals surface area contributed by atoms with Crippen molar-refractivity contribution in [2.75, 3.05) is 18.0 Å². The highest BCUT2D eigenvalue weighted by Crippen LogP contribution is 2.39. The Hall–Kier alpha value is -1.54. The molecular formula is C20H27F8N. The molecule has 1 unspecified atom stereocenters. The fourth-order valence-corrected chi connectivity index (χ4v) is 3.13. The van der Waals surface area contributed by atoms with Crippen LogP contribution in [0.25, 0.3) is 0 Å². The second-order valence-electron chi connectivity index (χ2n) is 7.19. The molecule has 0 aliphatic rings. The third-order valence-corrected chi connectivity index (χ3v) is 5.04. The second-order valence-corrected chi connectivity index (χ2v) is 7.19. The molecule has 0 saturated carbocycles. The van der Waals surface area contributed by atoms with E-state index in [0.29, 0.717) is 12.5 Å². The van der Waals surface area contributed by atoms with Gasteiger partial charge in [0.1, 0.15) is 0 Å². The molecule has 0 amide bonds. The summed E-state index contributed by atoms with van der Waals surface area (Å²) in [7, 11) is 0. The van der Waals surface area contributed by atoms with Crippen LogP contribution in [0.5, 0.6) is 0 Å². The van der Waals surface area contributed by atoms with Crippen LogP contribution in [0.2, 0.25) is 0 Å². The van der Waals surface area contributed by atoms with Crippen molar-refractivity contribution in [3.8, 4) is 0 Å². The van der Waals surface area contributed by atoms with Gasteiger partial charge in [-0.25, -0.2) is 13.2 Å². The van der Waals surface area contributed by atoms with Crippen molar-refractivity contribution in [3.63, 3.8) is 0 Å². The summed E-state index contributed by atoms with van der Waals surface area (Å²) in [5.74, 6) is -9.19. The minimum atomic E-state index is -5.67. The molecule has 0 radical (unpaired) electrons. The van der Waals surface area contributed by atoms with E-state index in [1.54, 1.807) is 0 Å². The average molecular weight is 433 g/mol. The van der Waals surface area contributed by atoms with Crippen LogP contribution in [0.15, 0.2) is 12.1 Å². The minimum absolute atomic E-state index is 0.141. The number of benzene rings is 1. The lowest BCUT2D eigenvalue weighted by Gasteiger charge is -2.28. The zero-order chi connectivity index (χ0) is 22.2. The molecule has 0 bridgehead atoms. The SMILES string of the molecule is CCCCC(CC)CCN(CCCC(F)(F)C(F)(F)F)c1ccc(F)c(F)c1F. The quantitative estimate of drug-likeness (QED) is 0.244. The first-order valence-electron chi connectivity index (χ1n) is 9.77. The van der Waals surface area contributed by atoms with Crippen LogP contribution in [0.4, 0.5) is 40.8 Å². The maximum absolute atomic E-state index is 14.2. The Morgan fingerprint density at radius 2 is 1.52 bits per heavy atom. The number of rotatable bonds is 12. The van der Waals surface area contributed by atoms with Gasteiger partial charge >= 0.3 is 12.1 Å². The van der Waals surface area contributed by atoms with Crippen LogP contribution < -0.4 is 4.90 Å². The Balaban J connectivity index is 2.93. The lowest BCUT2D eigenvalue weighted by molar-refractivity contribution is -0.284. The summed E-state index contributed by atoms with van der Waals surface area (Å²) in [6.45, 7) is 3.79. The van der Waals surface area contributed by atoms with Crippen molar-refractivity contribution in [1.29, 1.82) is 0 Å². The van der Waals surface area contributed by atoms with E-state index in [0.717, 1.165) is 31.7 Å². The van der Waals surface area contributed by atoms with Gasteiger partial charge in [-0.3, -0.25) is 0 Å². The van der Waals surface area contributed by atoms with E-state index < -0.39 is 42.4 Å². The predicted molar refractivity (Wildman–Crippen MR) is 96.7 cm³/mol. The molecule has 0 saturated heterocycles. The van der Waals surface area contributed by atoms with Gasteiger partial charge in [-0.2, -0.15) is 22.0 Å². The average Bonchev–Trinajstić information content (AvgIpc) is 2.64. The van der Waals surface area contributed by atoms with E-state index in [1.165, 1.54) is 4.90 Å². The first-order valence-corrected chi connectivity index (χ1v) is 9.77. The molecule has 168 valence electrons. The molecule has 0 heterocycles. The van der Waals surface area contributed by atoms with Crippen molar-refractivity contribution in [2.24, 2.45) is 5.92 Å². The van der Waals surface area contributed by atoms with Gasteiger partial charge in [0.15, 0.2) is 17.5 Å². The number of anilines is 1. The van der Waals surface area contributed by atoms with Crippen LogP contribution in [-0.4, -0.2) is 25.2 Å². The zero-order valence-electron chi connectivity index (χ0n) is 16.6. The van der Waals surface area contributed by atoms with Crippen LogP contribution in [0.1, 0.15) is 58.8 Å². The van der Waals surface area contributed by atoms with Gasteiger partial charge < -0.3 is 4.90 Å².